The van der Waals surface area contributed by atoms with Gasteiger partial charge >= 0.3 is 0 Å². The number of hydroxylamine groups is 1. The zero-order valence-electron chi connectivity index (χ0n) is 7.80. The Hall–Kier alpha value is -0.650. The number of hydrogen-bond acceptors (Lipinski definition) is 4. The van der Waals surface area contributed by atoms with Gasteiger partial charge in [0.2, 0.25) is 5.91 Å². The predicted octanol–water partition coefficient (Wildman–Crippen LogP) is -0.350. The summed E-state index contributed by atoms with van der Waals surface area (Å²) in [5.41, 5.74) is 1.27. The van der Waals surface area contributed by atoms with E-state index in [1.807, 2.05) is 6.92 Å². The van der Waals surface area contributed by atoms with Gasteiger partial charge in [-0.15, -0.1) is 0 Å². The first-order valence-electron chi connectivity index (χ1n) is 4.52. The number of hydrogen-bond donors (Lipinski definition) is 3. The number of nitrogens with one attached hydrogen (secondary N) is 2. The number of carbonyl (C=O) groups excluding carboxylic acids is 1. The summed E-state index contributed by atoms with van der Waals surface area (Å²) in [6, 6.07) is 0. The largest absolute Gasteiger partial charge is 0.381 e. The van der Waals surface area contributed by atoms with Crippen LogP contribution in [0.3, 0.4) is 0 Å². The van der Waals surface area contributed by atoms with Gasteiger partial charge in [-0.05, 0) is 6.92 Å². The van der Waals surface area contributed by atoms with E-state index in [0.717, 1.165) is 0 Å². The zero-order chi connectivity index (χ0) is 9.73. The monoisotopic (exact) mass is 188 g/mol. The van der Waals surface area contributed by atoms with Crippen LogP contribution in [0.1, 0.15) is 19.8 Å². The minimum Gasteiger partial charge on any atom is -0.381 e. The number of carbonyl (C=O) groups is 1. The Balaban J connectivity index is 2.61. The number of likely N-dealkylation sites (N-methyl/N-ethyl adjacent to an activating group) is 1. The van der Waals surface area contributed by atoms with Gasteiger partial charge < -0.3 is 15.3 Å². The van der Waals surface area contributed by atoms with Gasteiger partial charge in [0.05, 0.1) is 0 Å². The van der Waals surface area contributed by atoms with Gasteiger partial charge in [0.1, 0.15) is 5.54 Å². The summed E-state index contributed by atoms with van der Waals surface area (Å²) in [6.07, 6.45) is 1.02. The SMILES string of the molecule is CCNC(=O)C1(NO)CCOCC1. The van der Waals surface area contributed by atoms with Crippen molar-refractivity contribution in [2.45, 2.75) is 25.3 Å². The van der Waals surface area contributed by atoms with Crippen LogP contribution >= 0.6 is 0 Å². The van der Waals surface area contributed by atoms with Crippen molar-refractivity contribution in [1.82, 2.24) is 10.8 Å². The Morgan fingerprint density at radius 3 is 2.62 bits per heavy atom. The topological polar surface area (TPSA) is 70.6 Å². The van der Waals surface area contributed by atoms with Crippen LogP contribution in [0, 0.1) is 0 Å². The Morgan fingerprint density at radius 1 is 1.54 bits per heavy atom. The fourth-order valence-corrected chi connectivity index (χ4v) is 1.44. The van der Waals surface area contributed by atoms with E-state index in [4.69, 9.17) is 9.94 Å². The van der Waals surface area contributed by atoms with Crippen LogP contribution in [0.25, 0.3) is 0 Å². The molecule has 0 aromatic carbocycles. The molecule has 3 N–H and O–H groups in total. The molecular weight excluding hydrogens is 172 g/mol. The third kappa shape index (κ3) is 2.18. The van der Waals surface area contributed by atoms with Crippen molar-refractivity contribution in [2.24, 2.45) is 0 Å². The molecule has 76 valence electrons. The molecule has 1 saturated heterocycles. The molecule has 0 atom stereocenters. The standard InChI is InChI=1S/C8H16N2O3/c1-2-9-7(11)8(10-12)3-5-13-6-4-8/h10,12H,2-6H2,1H3,(H,9,11). The van der Waals surface area contributed by atoms with E-state index >= 15 is 0 Å². The first-order chi connectivity index (χ1) is 6.25. The summed E-state index contributed by atoms with van der Waals surface area (Å²) in [4.78, 5) is 11.6. The number of ether oxygens (including phenoxy) is 1. The lowest BCUT2D eigenvalue weighted by Crippen LogP contribution is -2.58. The molecule has 1 aliphatic heterocycles. The second-order valence-corrected chi connectivity index (χ2v) is 3.17. The van der Waals surface area contributed by atoms with Crippen molar-refractivity contribution >= 4 is 5.91 Å². The molecule has 0 aliphatic carbocycles. The Kier molecular flexibility index (Phi) is 3.65. The lowest BCUT2D eigenvalue weighted by molar-refractivity contribution is -0.138. The molecule has 1 amide bonds. The van der Waals surface area contributed by atoms with Crippen molar-refractivity contribution in [1.29, 1.82) is 0 Å². The average Bonchev–Trinajstić information content (AvgIpc) is 2.19. The van der Waals surface area contributed by atoms with Crippen molar-refractivity contribution in [3.8, 4) is 0 Å². The summed E-state index contributed by atoms with van der Waals surface area (Å²) in [6.45, 7) is 3.43. The van der Waals surface area contributed by atoms with Gasteiger partial charge in [-0.1, -0.05) is 0 Å². The Morgan fingerprint density at radius 2 is 2.15 bits per heavy atom. The minimum absolute atomic E-state index is 0.152. The van der Waals surface area contributed by atoms with E-state index in [1.54, 1.807) is 0 Å². The van der Waals surface area contributed by atoms with E-state index in [-0.39, 0.29) is 5.91 Å². The van der Waals surface area contributed by atoms with Crippen molar-refractivity contribution in [3.05, 3.63) is 0 Å². The van der Waals surface area contributed by atoms with Gasteiger partial charge in [-0.25, -0.2) is 0 Å². The van der Waals surface area contributed by atoms with Gasteiger partial charge in [0, 0.05) is 32.6 Å². The van der Waals surface area contributed by atoms with E-state index in [2.05, 4.69) is 10.8 Å². The molecule has 1 rings (SSSR count). The molecule has 5 nitrogen and oxygen atoms in total. The van der Waals surface area contributed by atoms with Gasteiger partial charge in [-0.3, -0.25) is 4.79 Å². The lowest BCUT2D eigenvalue weighted by Gasteiger charge is -2.33. The third-order valence-corrected chi connectivity index (χ3v) is 2.33. The highest BCUT2D eigenvalue weighted by molar-refractivity contribution is 5.86. The molecule has 13 heavy (non-hydrogen) atoms. The van der Waals surface area contributed by atoms with Gasteiger partial charge in [-0.2, -0.15) is 5.48 Å². The number of amides is 1. The third-order valence-electron chi connectivity index (χ3n) is 2.33. The summed E-state index contributed by atoms with van der Waals surface area (Å²) in [5.74, 6) is -0.152. The summed E-state index contributed by atoms with van der Waals surface area (Å²) in [5, 5.41) is 11.7. The normalized spacial score (nSPS) is 21.1. The molecule has 0 saturated carbocycles. The second kappa shape index (κ2) is 4.55. The van der Waals surface area contributed by atoms with Crippen LogP contribution in [0.15, 0.2) is 0 Å². The van der Waals surface area contributed by atoms with Crippen LogP contribution in [-0.4, -0.2) is 36.4 Å². The smallest absolute Gasteiger partial charge is 0.242 e. The molecule has 0 bridgehead atoms. The van der Waals surface area contributed by atoms with E-state index in [9.17, 15) is 4.79 Å². The highest BCUT2D eigenvalue weighted by atomic mass is 16.5. The summed E-state index contributed by atoms with van der Waals surface area (Å²) < 4.78 is 5.12. The molecule has 0 aromatic heterocycles. The molecular formula is C8H16N2O3. The first kappa shape index (κ1) is 10.4. The number of rotatable bonds is 3. The molecule has 0 unspecified atom stereocenters. The summed E-state index contributed by atoms with van der Waals surface area (Å²) in [7, 11) is 0. The maximum atomic E-state index is 11.6. The molecule has 5 heteroatoms. The zero-order valence-corrected chi connectivity index (χ0v) is 7.80. The molecule has 1 heterocycles. The average molecular weight is 188 g/mol. The van der Waals surface area contributed by atoms with Crippen molar-refractivity contribution in [3.63, 3.8) is 0 Å². The van der Waals surface area contributed by atoms with Gasteiger partial charge in [0.15, 0.2) is 0 Å². The van der Waals surface area contributed by atoms with E-state index < -0.39 is 5.54 Å². The maximum absolute atomic E-state index is 11.6. The Labute approximate surface area is 77.4 Å². The molecule has 1 aliphatic rings. The quantitative estimate of drug-likeness (QED) is 0.529. The minimum atomic E-state index is -0.839. The van der Waals surface area contributed by atoms with Crippen molar-refractivity contribution < 1.29 is 14.7 Å². The van der Waals surface area contributed by atoms with Crippen LogP contribution in [-0.2, 0) is 9.53 Å². The Bertz CT molecular complexity index is 178. The van der Waals surface area contributed by atoms with Crippen LogP contribution in [0.5, 0.6) is 0 Å². The maximum Gasteiger partial charge on any atom is 0.242 e. The lowest BCUT2D eigenvalue weighted by atomic mass is 9.90. The van der Waals surface area contributed by atoms with Crippen LogP contribution < -0.4 is 10.8 Å². The van der Waals surface area contributed by atoms with Crippen LogP contribution in [0.4, 0.5) is 0 Å². The van der Waals surface area contributed by atoms with Gasteiger partial charge in [0.25, 0.3) is 0 Å². The molecule has 1 fully saturated rings. The van der Waals surface area contributed by atoms with Crippen LogP contribution in [0.2, 0.25) is 0 Å². The second-order valence-electron chi connectivity index (χ2n) is 3.17. The molecule has 0 aromatic rings. The van der Waals surface area contributed by atoms with E-state index in [1.165, 1.54) is 0 Å². The highest BCUT2D eigenvalue weighted by Crippen LogP contribution is 2.20. The molecule has 0 spiro atoms. The fraction of sp³-hybridized carbons (Fsp3) is 0.875. The van der Waals surface area contributed by atoms with Crippen molar-refractivity contribution in [2.75, 3.05) is 19.8 Å². The highest BCUT2D eigenvalue weighted by Gasteiger charge is 2.39. The first-order valence-corrected chi connectivity index (χ1v) is 4.52. The molecule has 0 radical (unpaired) electrons. The van der Waals surface area contributed by atoms with E-state index in [0.29, 0.717) is 32.6 Å². The summed E-state index contributed by atoms with van der Waals surface area (Å²) >= 11 is 0. The fourth-order valence-electron chi connectivity index (χ4n) is 1.44. The predicted molar refractivity (Wildman–Crippen MR) is 46.4 cm³/mol.